The number of hydrogen-bond donors (Lipinski definition) is 1. The monoisotopic (exact) mass is 172 g/mol. The van der Waals surface area contributed by atoms with E-state index in [9.17, 15) is 8.78 Å². The van der Waals surface area contributed by atoms with Crippen LogP contribution in [0.3, 0.4) is 0 Å². The third kappa shape index (κ3) is 1.37. The molecule has 0 bridgehead atoms. The lowest BCUT2D eigenvalue weighted by atomic mass is 10.1. The van der Waals surface area contributed by atoms with Crippen molar-refractivity contribution in [2.45, 2.75) is 20.3 Å². The minimum atomic E-state index is -2.52. The largest absolute Gasteiger partial charge is 0.397 e. The van der Waals surface area contributed by atoms with Gasteiger partial charge in [-0.25, -0.2) is 8.78 Å². The van der Waals surface area contributed by atoms with Crippen molar-refractivity contribution in [3.63, 3.8) is 0 Å². The van der Waals surface area contributed by atoms with Crippen LogP contribution >= 0.6 is 0 Å². The molecule has 0 saturated heterocycles. The number of nitrogens with two attached hydrogens (primary N) is 1. The van der Waals surface area contributed by atoms with Gasteiger partial charge in [0.15, 0.2) is 0 Å². The van der Waals surface area contributed by atoms with Crippen LogP contribution in [0.5, 0.6) is 0 Å². The Morgan fingerprint density at radius 2 is 2.00 bits per heavy atom. The molecule has 1 rings (SSSR count). The molecule has 1 aromatic heterocycles. The van der Waals surface area contributed by atoms with Crippen LogP contribution in [0.15, 0.2) is 6.20 Å². The molecular formula is C8H10F2N2. The number of rotatable bonds is 1. The summed E-state index contributed by atoms with van der Waals surface area (Å²) in [5.74, 6) is 0. The van der Waals surface area contributed by atoms with Crippen LogP contribution in [0.25, 0.3) is 0 Å². The highest BCUT2D eigenvalue weighted by atomic mass is 19.3. The second-order valence-corrected chi connectivity index (χ2v) is 2.64. The van der Waals surface area contributed by atoms with Gasteiger partial charge in [0.05, 0.1) is 11.9 Å². The molecule has 0 aromatic carbocycles. The normalized spacial score (nSPS) is 10.8. The zero-order valence-electron chi connectivity index (χ0n) is 6.94. The van der Waals surface area contributed by atoms with Gasteiger partial charge in [0, 0.05) is 11.3 Å². The van der Waals surface area contributed by atoms with E-state index in [0.29, 0.717) is 11.3 Å². The van der Waals surface area contributed by atoms with E-state index in [4.69, 9.17) is 5.73 Å². The number of alkyl halides is 2. The minimum absolute atomic E-state index is 0.0631. The van der Waals surface area contributed by atoms with Crippen LogP contribution in [-0.4, -0.2) is 4.98 Å². The van der Waals surface area contributed by atoms with Crippen molar-refractivity contribution in [3.05, 3.63) is 23.0 Å². The summed E-state index contributed by atoms with van der Waals surface area (Å²) in [5, 5.41) is 0. The first-order valence-electron chi connectivity index (χ1n) is 3.53. The zero-order valence-corrected chi connectivity index (χ0v) is 6.94. The maximum atomic E-state index is 12.4. The van der Waals surface area contributed by atoms with Crippen LogP contribution in [0.1, 0.15) is 23.2 Å². The van der Waals surface area contributed by atoms with Crippen molar-refractivity contribution in [1.29, 1.82) is 0 Å². The summed E-state index contributed by atoms with van der Waals surface area (Å²) in [6, 6.07) is 0. The summed E-state index contributed by atoms with van der Waals surface area (Å²) in [7, 11) is 0. The summed E-state index contributed by atoms with van der Waals surface area (Å²) in [6.07, 6.45) is -1.25. The molecule has 0 aliphatic rings. The SMILES string of the molecule is Cc1ncc(N)c(C(F)F)c1C. The predicted molar refractivity (Wildman–Crippen MR) is 43.1 cm³/mol. The number of nitrogen functional groups attached to an aromatic ring is 1. The van der Waals surface area contributed by atoms with Crippen molar-refractivity contribution in [2.75, 3.05) is 5.73 Å². The van der Waals surface area contributed by atoms with Crippen molar-refractivity contribution >= 4 is 5.69 Å². The number of aryl methyl sites for hydroxylation is 1. The fourth-order valence-electron chi connectivity index (χ4n) is 1.03. The summed E-state index contributed by atoms with van der Waals surface area (Å²) in [5.41, 5.74) is 6.39. The molecule has 2 N–H and O–H groups in total. The van der Waals surface area contributed by atoms with Gasteiger partial charge in [0.25, 0.3) is 6.43 Å². The molecule has 2 nitrogen and oxygen atoms in total. The van der Waals surface area contributed by atoms with Crippen LogP contribution < -0.4 is 5.73 Å². The van der Waals surface area contributed by atoms with E-state index in [-0.39, 0.29) is 11.3 Å². The number of aromatic nitrogens is 1. The second kappa shape index (κ2) is 3.05. The lowest BCUT2D eigenvalue weighted by Crippen LogP contribution is -2.01. The van der Waals surface area contributed by atoms with Gasteiger partial charge >= 0.3 is 0 Å². The predicted octanol–water partition coefficient (Wildman–Crippen LogP) is 2.22. The molecule has 66 valence electrons. The topological polar surface area (TPSA) is 38.9 Å². The first-order chi connectivity index (χ1) is 5.54. The molecule has 0 atom stereocenters. The Kier molecular flexibility index (Phi) is 2.26. The molecule has 0 fully saturated rings. The highest BCUT2D eigenvalue weighted by Crippen LogP contribution is 2.28. The zero-order chi connectivity index (χ0) is 9.30. The van der Waals surface area contributed by atoms with Crippen molar-refractivity contribution in [2.24, 2.45) is 0 Å². The number of nitrogens with zero attached hydrogens (tertiary/aromatic N) is 1. The van der Waals surface area contributed by atoms with E-state index < -0.39 is 6.43 Å². The highest BCUT2D eigenvalue weighted by molar-refractivity contribution is 5.50. The third-order valence-electron chi connectivity index (χ3n) is 1.87. The van der Waals surface area contributed by atoms with Gasteiger partial charge in [-0.15, -0.1) is 0 Å². The molecule has 0 saturated carbocycles. The van der Waals surface area contributed by atoms with Gasteiger partial charge in [-0.05, 0) is 19.4 Å². The summed E-state index contributed by atoms with van der Waals surface area (Å²) in [6.45, 7) is 3.28. The Balaban J connectivity index is 3.33. The summed E-state index contributed by atoms with van der Waals surface area (Å²) < 4.78 is 24.7. The maximum Gasteiger partial charge on any atom is 0.266 e. The van der Waals surface area contributed by atoms with E-state index in [0.717, 1.165) is 0 Å². The van der Waals surface area contributed by atoms with Gasteiger partial charge in [0.2, 0.25) is 0 Å². The molecule has 0 amide bonds. The van der Waals surface area contributed by atoms with Crippen LogP contribution in [-0.2, 0) is 0 Å². The maximum absolute atomic E-state index is 12.4. The van der Waals surface area contributed by atoms with Crippen molar-refractivity contribution < 1.29 is 8.78 Å². The van der Waals surface area contributed by atoms with E-state index in [1.165, 1.54) is 6.20 Å². The van der Waals surface area contributed by atoms with Crippen molar-refractivity contribution in [1.82, 2.24) is 4.98 Å². The molecule has 4 heteroatoms. The summed E-state index contributed by atoms with van der Waals surface area (Å²) in [4.78, 5) is 3.86. The first-order valence-corrected chi connectivity index (χ1v) is 3.53. The third-order valence-corrected chi connectivity index (χ3v) is 1.87. The molecule has 0 radical (unpaired) electrons. The Bertz CT molecular complexity index is 297. The summed E-state index contributed by atoms with van der Waals surface area (Å²) >= 11 is 0. The molecule has 0 unspecified atom stereocenters. The number of anilines is 1. The second-order valence-electron chi connectivity index (χ2n) is 2.64. The Hall–Kier alpha value is -1.19. The number of pyridine rings is 1. The van der Waals surface area contributed by atoms with E-state index in [1.807, 2.05) is 0 Å². The molecular weight excluding hydrogens is 162 g/mol. The fraction of sp³-hybridized carbons (Fsp3) is 0.375. The Morgan fingerprint density at radius 1 is 1.42 bits per heavy atom. The van der Waals surface area contributed by atoms with Gasteiger partial charge in [-0.1, -0.05) is 0 Å². The van der Waals surface area contributed by atoms with Crippen LogP contribution in [0.4, 0.5) is 14.5 Å². The van der Waals surface area contributed by atoms with Gasteiger partial charge in [-0.3, -0.25) is 4.98 Å². The molecule has 1 heterocycles. The highest BCUT2D eigenvalue weighted by Gasteiger charge is 2.15. The smallest absolute Gasteiger partial charge is 0.266 e. The molecule has 0 aliphatic heterocycles. The molecule has 12 heavy (non-hydrogen) atoms. The lowest BCUT2D eigenvalue weighted by molar-refractivity contribution is 0.151. The molecule has 0 aliphatic carbocycles. The molecule has 0 spiro atoms. The lowest BCUT2D eigenvalue weighted by Gasteiger charge is -2.09. The van der Waals surface area contributed by atoms with Gasteiger partial charge in [-0.2, -0.15) is 0 Å². The Morgan fingerprint density at radius 3 is 2.42 bits per heavy atom. The number of hydrogen-bond acceptors (Lipinski definition) is 2. The van der Waals surface area contributed by atoms with Crippen molar-refractivity contribution in [3.8, 4) is 0 Å². The van der Waals surface area contributed by atoms with Gasteiger partial charge in [0.1, 0.15) is 0 Å². The molecule has 1 aromatic rings. The first kappa shape index (κ1) is 8.90. The van der Waals surface area contributed by atoms with E-state index >= 15 is 0 Å². The Labute approximate surface area is 69.4 Å². The average Bonchev–Trinajstić information content (AvgIpc) is 1.97. The minimum Gasteiger partial charge on any atom is -0.397 e. The standard InChI is InChI=1S/C8H10F2N2/c1-4-5(2)12-3-6(11)7(4)8(9)10/h3,8H,11H2,1-2H3. The average molecular weight is 172 g/mol. The van der Waals surface area contributed by atoms with Crippen LogP contribution in [0.2, 0.25) is 0 Å². The quantitative estimate of drug-likeness (QED) is 0.705. The van der Waals surface area contributed by atoms with E-state index in [2.05, 4.69) is 4.98 Å². The fourth-order valence-corrected chi connectivity index (χ4v) is 1.03. The number of halogens is 2. The van der Waals surface area contributed by atoms with Crippen LogP contribution in [0, 0.1) is 13.8 Å². The van der Waals surface area contributed by atoms with E-state index in [1.54, 1.807) is 13.8 Å². The van der Waals surface area contributed by atoms with Gasteiger partial charge < -0.3 is 5.73 Å².